The van der Waals surface area contributed by atoms with Gasteiger partial charge in [-0.3, -0.25) is 23.2 Å². The Labute approximate surface area is 192 Å². The van der Waals surface area contributed by atoms with E-state index >= 15 is 0 Å². The summed E-state index contributed by atoms with van der Waals surface area (Å²) in [5.41, 5.74) is 2.59. The molecule has 4 aromatic rings. The Morgan fingerprint density at radius 3 is 2.33 bits per heavy atom. The summed E-state index contributed by atoms with van der Waals surface area (Å²) in [6, 6.07) is 10.6. The lowest BCUT2D eigenvalue weighted by atomic mass is 10.2. The van der Waals surface area contributed by atoms with Crippen LogP contribution < -0.4 is 16.1 Å². The summed E-state index contributed by atoms with van der Waals surface area (Å²) in [5.74, 6) is 0.720. The number of hydrogen-bond donors (Lipinski definition) is 0. The number of benzene rings is 1. The number of hydrogen-bond acceptors (Lipinski definition) is 5. The van der Waals surface area contributed by atoms with E-state index < -0.39 is 0 Å². The van der Waals surface area contributed by atoms with Gasteiger partial charge in [-0.15, -0.1) is 0 Å². The summed E-state index contributed by atoms with van der Waals surface area (Å²) < 4.78 is 6.56. The number of aryl methyl sites for hydroxylation is 3. The molecule has 0 bridgehead atoms. The highest BCUT2D eigenvalue weighted by molar-refractivity contribution is 5.75. The Balaban J connectivity index is 1.23. The Morgan fingerprint density at radius 1 is 0.909 bits per heavy atom. The molecule has 1 aliphatic heterocycles. The number of nitrogens with zero attached hydrogens (tertiary/aromatic N) is 7. The standard InChI is InChI=1S/C24H31N7O2/c1-18-17-31-20-21(26(2)24(33)27(3)22(20)32)25-23(31)30(18)12-8-7-11-28-13-15-29(16-14-28)19-9-5-4-6-10-19/h4-6,9-10,17H,7-8,11-16H2,1-3H3. The lowest BCUT2D eigenvalue weighted by molar-refractivity contribution is 0.251. The third kappa shape index (κ3) is 3.76. The van der Waals surface area contributed by atoms with Crippen LogP contribution in [0.2, 0.25) is 0 Å². The molecule has 0 atom stereocenters. The van der Waals surface area contributed by atoms with E-state index in [0.29, 0.717) is 11.2 Å². The van der Waals surface area contributed by atoms with Crippen LogP contribution in [-0.4, -0.2) is 60.7 Å². The number of unbranched alkanes of at least 4 members (excludes halogenated alkanes) is 1. The van der Waals surface area contributed by atoms with Gasteiger partial charge in [0, 0.05) is 64.4 Å². The SMILES string of the molecule is Cc1cn2c3c(=O)n(C)c(=O)n(C)c3nc2n1CCCCN1CCN(c2ccccc2)CC1. The van der Waals surface area contributed by atoms with Crippen molar-refractivity contribution in [3.63, 3.8) is 0 Å². The maximum absolute atomic E-state index is 12.7. The summed E-state index contributed by atoms with van der Waals surface area (Å²) >= 11 is 0. The number of rotatable bonds is 6. The van der Waals surface area contributed by atoms with Crippen LogP contribution in [0, 0.1) is 6.92 Å². The highest BCUT2D eigenvalue weighted by Crippen LogP contribution is 2.18. The zero-order valence-electron chi connectivity index (χ0n) is 19.6. The molecule has 5 rings (SSSR count). The van der Waals surface area contributed by atoms with Crippen molar-refractivity contribution in [3.05, 3.63) is 63.1 Å². The number of fused-ring (bicyclic) bond motifs is 3. The lowest BCUT2D eigenvalue weighted by Gasteiger charge is -2.36. The van der Waals surface area contributed by atoms with Crippen LogP contribution in [0.25, 0.3) is 16.9 Å². The van der Waals surface area contributed by atoms with E-state index in [1.54, 1.807) is 7.05 Å². The summed E-state index contributed by atoms with van der Waals surface area (Å²) in [7, 11) is 3.16. The van der Waals surface area contributed by atoms with Gasteiger partial charge in [0.1, 0.15) is 0 Å². The van der Waals surface area contributed by atoms with Gasteiger partial charge in [-0.05, 0) is 38.4 Å². The van der Waals surface area contributed by atoms with Crippen molar-refractivity contribution in [1.82, 2.24) is 28.0 Å². The molecule has 33 heavy (non-hydrogen) atoms. The molecule has 1 fully saturated rings. The first-order valence-electron chi connectivity index (χ1n) is 11.6. The minimum Gasteiger partial charge on any atom is -0.369 e. The van der Waals surface area contributed by atoms with E-state index in [4.69, 9.17) is 0 Å². The van der Waals surface area contributed by atoms with Crippen LogP contribution >= 0.6 is 0 Å². The first-order chi connectivity index (χ1) is 16.0. The predicted octanol–water partition coefficient (Wildman–Crippen LogP) is 1.60. The van der Waals surface area contributed by atoms with E-state index in [1.807, 2.05) is 17.5 Å². The van der Waals surface area contributed by atoms with E-state index in [1.165, 1.54) is 17.3 Å². The third-order valence-corrected chi connectivity index (χ3v) is 6.86. The fraction of sp³-hybridized carbons (Fsp3) is 0.458. The highest BCUT2D eigenvalue weighted by Gasteiger charge is 2.19. The molecule has 0 N–H and O–H groups in total. The lowest BCUT2D eigenvalue weighted by Crippen LogP contribution is -2.46. The Morgan fingerprint density at radius 2 is 1.61 bits per heavy atom. The van der Waals surface area contributed by atoms with Gasteiger partial charge in [0.05, 0.1) is 0 Å². The monoisotopic (exact) mass is 449 g/mol. The summed E-state index contributed by atoms with van der Waals surface area (Å²) in [4.78, 5) is 34.7. The second-order valence-electron chi connectivity index (χ2n) is 8.95. The molecule has 174 valence electrons. The number of imidazole rings is 2. The van der Waals surface area contributed by atoms with E-state index in [-0.39, 0.29) is 11.2 Å². The molecule has 0 radical (unpaired) electrons. The van der Waals surface area contributed by atoms with Crippen LogP contribution in [0.3, 0.4) is 0 Å². The van der Waals surface area contributed by atoms with Gasteiger partial charge in [0.15, 0.2) is 11.2 Å². The molecule has 4 heterocycles. The predicted molar refractivity (Wildman–Crippen MR) is 130 cm³/mol. The van der Waals surface area contributed by atoms with Crippen molar-refractivity contribution in [2.24, 2.45) is 14.1 Å². The maximum Gasteiger partial charge on any atom is 0.332 e. The molecule has 1 aromatic carbocycles. The third-order valence-electron chi connectivity index (χ3n) is 6.86. The average molecular weight is 450 g/mol. The molecule has 0 unspecified atom stereocenters. The van der Waals surface area contributed by atoms with Gasteiger partial charge in [-0.1, -0.05) is 18.2 Å². The smallest absolute Gasteiger partial charge is 0.332 e. The summed E-state index contributed by atoms with van der Waals surface area (Å²) in [5, 5.41) is 0. The molecule has 9 nitrogen and oxygen atoms in total. The van der Waals surface area contributed by atoms with Crippen LogP contribution in [0.5, 0.6) is 0 Å². The Bertz CT molecular complexity index is 1400. The van der Waals surface area contributed by atoms with Crippen molar-refractivity contribution in [1.29, 1.82) is 0 Å². The maximum atomic E-state index is 12.7. The molecule has 0 aliphatic carbocycles. The second-order valence-corrected chi connectivity index (χ2v) is 8.95. The zero-order chi connectivity index (χ0) is 23.1. The van der Waals surface area contributed by atoms with E-state index in [2.05, 4.69) is 49.7 Å². The van der Waals surface area contributed by atoms with Crippen molar-refractivity contribution in [3.8, 4) is 0 Å². The van der Waals surface area contributed by atoms with Crippen LogP contribution in [0.1, 0.15) is 18.5 Å². The fourth-order valence-corrected chi connectivity index (χ4v) is 4.88. The second kappa shape index (κ2) is 8.55. The molecular formula is C24H31N7O2. The van der Waals surface area contributed by atoms with Crippen molar-refractivity contribution in [2.45, 2.75) is 26.3 Å². The minimum atomic E-state index is -0.358. The van der Waals surface area contributed by atoms with Crippen molar-refractivity contribution >= 4 is 22.6 Å². The number of para-hydroxylation sites is 1. The van der Waals surface area contributed by atoms with Gasteiger partial charge in [0.2, 0.25) is 5.78 Å². The summed E-state index contributed by atoms with van der Waals surface area (Å²) in [6.07, 6.45) is 4.08. The normalized spacial score (nSPS) is 15.2. The van der Waals surface area contributed by atoms with Gasteiger partial charge in [-0.25, -0.2) is 4.79 Å². The molecule has 0 spiro atoms. The topological polar surface area (TPSA) is 72.7 Å². The molecule has 0 saturated carbocycles. The van der Waals surface area contributed by atoms with Gasteiger partial charge >= 0.3 is 5.69 Å². The van der Waals surface area contributed by atoms with E-state index in [9.17, 15) is 9.59 Å². The van der Waals surface area contributed by atoms with Crippen molar-refractivity contribution < 1.29 is 0 Å². The first-order valence-corrected chi connectivity index (χ1v) is 11.6. The molecule has 0 amide bonds. The molecule has 1 saturated heterocycles. The summed E-state index contributed by atoms with van der Waals surface area (Å²) in [6.45, 7) is 8.27. The number of piperazine rings is 1. The number of aromatic nitrogens is 5. The zero-order valence-corrected chi connectivity index (χ0v) is 19.6. The molecule has 9 heteroatoms. The van der Waals surface area contributed by atoms with Crippen LogP contribution in [0.4, 0.5) is 5.69 Å². The highest BCUT2D eigenvalue weighted by atomic mass is 16.2. The fourth-order valence-electron chi connectivity index (χ4n) is 4.88. The van der Waals surface area contributed by atoms with Gasteiger partial charge < -0.3 is 9.47 Å². The van der Waals surface area contributed by atoms with Gasteiger partial charge in [0.25, 0.3) is 5.56 Å². The quantitative estimate of drug-likeness (QED) is 0.418. The Hall–Kier alpha value is -3.33. The Kier molecular flexibility index (Phi) is 5.57. The largest absolute Gasteiger partial charge is 0.369 e. The first kappa shape index (κ1) is 21.5. The molecule has 3 aromatic heterocycles. The van der Waals surface area contributed by atoms with Crippen LogP contribution in [-0.2, 0) is 20.6 Å². The van der Waals surface area contributed by atoms with Gasteiger partial charge in [-0.2, -0.15) is 4.98 Å². The average Bonchev–Trinajstić information content (AvgIpc) is 3.35. The minimum absolute atomic E-state index is 0.313. The van der Waals surface area contributed by atoms with E-state index in [0.717, 1.165) is 68.1 Å². The van der Waals surface area contributed by atoms with Crippen LogP contribution in [0.15, 0.2) is 46.1 Å². The van der Waals surface area contributed by atoms with Crippen molar-refractivity contribution in [2.75, 3.05) is 37.6 Å². The molecular weight excluding hydrogens is 418 g/mol. The molecule has 1 aliphatic rings. The number of anilines is 1.